The van der Waals surface area contributed by atoms with Crippen LogP contribution in [0.25, 0.3) is 11.4 Å². The van der Waals surface area contributed by atoms with Crippen LogP contribution in [0.2, 0.25) is 0 Å². The molecule has 1 aliphatic heterocycles. The molecule has 0 aliphatic carbocycles. The Morgan fingerprint density at radius 3 is 2.30 bits per heavy atom. The van der Waals surface area contributed by atoms with Crippen molar-refractivity contribution in [3.63, 3.8) is 0 Å². The summed E-state index contributed by atoms with van der Waals surface area (Å²) in [6.45, 7) is 4.69. The number of hydrogen-bond donors (Lipinski definition) is 1. The number of imidazole rings is 1. The topological polar surface area (TPSA) is 53.4 Å². The summed E-state index contributed by atoms with van der Waals surface area (Å²) in [6.07, 6.45) is -0.733. The average Bonchev–Trinajstić information content (AvgIpc) is 3.27. The van der Waals surface area contributed by atoms with Crippen molar-refractivity contribution in [2.75, 3.05) is 44.6 Å². The highest BCUT2D eigenvalue weighted by Crippen LogP contribution is 2.34. The van der Waals surface area contributed by atoms with Gasteiger partial charge in [-0.15, -0.1) is 0 Å². The Morgan fingerprint density at radius 2 is 1.58 bits per heavy atom. The number of anilines is 1. The van der Waals surface area contributed by atoms with Crippen molar-refractivity contribution in [2.45, 2.75) is 12.7 Å². The van der Waals surface area contributed by atoms with E-state index in [-0.39, 0.29) is 12.2 Å². The number of amides is 1. The number of alkyl halides is 3. The van der Waals surface area contributed by atoms with Crippen molar-refractivity contribution < 1.29 is 18.0 Å². The zero-order valence-electron chi connectivity index (χ0n) is 18.1. The van der Waals surface area contributed by atoms with Crippen molar-refractivity contribution in [1.29, 1.82) is 0 Å². The maximum Gasteiger partial charge on any atom is 0.418 e. The quantitative estimate of drug-likeness (QED) is 0.586. The Bertz CT molecular complexity index is 1060. The number of nitrogens with one attached hydrogen (secondary N) is 1. The van der Waals surface area contributed by atoms with Gasteiger partial charge in [-0.05, 0) is 12.1 Å². The lowest BCUT2D eigenvalue weighted by Gasteiger charge is -2.34. The van der Waals surface area contributed by atoms with Crippen LogP contribution in [-0.2, 0) is 17.5 Å². The molecular weight excluding hydrogens is 431 g/mol. The predicted octanol–water partition coefficient (Wildman–Crippen LogP) is 3.83. The third-order valence-electron chi connectivity index (χ3n) is 5.74. The second-order valence-corrected chi connectivity index (χ2v) is 8.02. The Hall–Kier alpha value is -3.17. The molecule has 0 bridgehead atoms. The van der Waals surface area contributed by atoms with E-state index in [1.54, 1.807) is 6.20 Å². The number of piperazine rings is 1. The molecule has 1 fully saturated rings. The summed E-state index contributed by atoms with van der Waals surface area (Å²) in [7, 11) is 0. The smallest absolute Gasteiger partial charge is 0.330 e. The molecule has 6 nitrogen and oxygen atoms in total. The van der Waals surface area contributed by atoms with Gasteiger partial charge in [-0.1, -0.05) is 42.5 Å². The number of para-hydroxylation sites is 1. The van der Waals surface area contributed by atoms with Gasteiger partial charge in [0.05, 0.1) is 17.8 Å². The fraction of sp³-hybridized carbons (Fsp3) is 0.333. The van der Waals surface area contributed by atoms with E-state index in [0.717, 1.165) is 43.6 Å². The third-order valence-corrected chi connectivity index (χ3v) is 5.74. The van der Waals surface area contributed by atoms with Crippen molar-refractivity contribution in [2.24, 2.45) is 0 Å². The largest absolute Gasteiger partial charge is 0.418 e. The van der Waals surface area contributed by atoms with E-state index in [0.29, 0.717) is 13.1 Å². The second-order valence-electron chi connectivity index (χ2n) is 8.02. The Labute approximate surface area is 190 Å². The molecule has 0 saturated carbocycles. The lowest BCUT2D eigenvalue weighted by atomic mass is 10.1. The first-order chi connectivity index (χ1) is 15.9. The average molecular weight is 458 g/mol. The van der Waals surface area contributed by atoms with E-state index < -0.39 is 17.6 Å². The minimum atomic E-state index is -4.51. The zero-order valence-corrected chi connectivity index (χ0v) is 18.1. The van der Waals surface area contributed by atoms with Gasteiger partial charge in [0, 0.05) is 57.2 Å². The minimum absolute atomic E-state index is 0.0692. The lowest BCUT2D eigenvalue weighted by Crippen LogP contribution is -2.49. The molecule has 9 heteroatoms. The zero-order chi connectivity index (χ0) is 23.3. The standard InChI is InChI=1S/C24H26F3N5O/c25-24(26,27)20-8-4-5-9-21(20)29-22(33)18-31-14-12-30(13-15-31)16-17-32-11-10-28-23(32)19-6-2-1-3-7-19/h1-11H,12-18H2,(H,29,33). The summed E-state index contributed by atoms with van der Waals surface area (Å²) in [5, 5.41) is 2.42. The maximum atomic E-state index is 13.1. The van der Waals surface area contributed by atoms with E-state index in [9.17, 15) is 18.0 Å². The molecule has 1 N–H and O–H groups in total. The molecular formula is C24H26F3N5O. The number of aromatic nitrogens is 2. The summed E-state index contributed by atoms with van der Waals surface area (Å²) in [4.78, 5) is 21.1. The minimum Gasteiger partial charge on any atom is -0.330 e. The highest BCUT2D eigenvalue weighted by atomic mass is 19.4. The molecule has 0 atom stereocenters. The molecule has 1 aromatic heterocycles. The van der Waals surface area contributed by atoms with Crippen LogP contribution in [0.1, 0.15) is 5.56 Å². The molecule has 0 spiro atoms. The van der Waals surface area contributed by atoms with Crippen LogP contribution >= 0.6 is 0 Å². The van der Waals surface area contributed by atoms with Crippen molar-refractivity contribution >= 4 is 11.6 Å². The fourth-order valence-corrected chi connectivity index (χ4v) is 3.99. The number of halogens is 3. The molecule has 2 heterocycles. The van der Waals surface area contributed by atoms with Crippen LogP contribution in [0, 0.1) is 0 Å². The van der Waals surface area contributed by atoms with Crippen molar-refractivity contribution in [3.05, 3.63) is 72.6 Å². The summed E-state index contributed by atoms with van der Waals surface area (Å²) < 4.78 is 41.5. The summed E-state index contributed by atoms with van der Waals surface area (Å²) in [6, 6.07) is 15.1. The van der Waals surface area contributed by atoms with Gasteiger partial charge >= 0.3 is 6.18 Å². The second kappa shape index (κ2) is 10.2. The van der Waals surface area contributed by atoms with Crippen LogP contribution in [-0.4, -0.2) is 64.5 Å². The first-order valence-corrected chi connectivity index (χ1v) is 10.9. The molecule has 1 saturated heterocycles. The highest BCUT2D eigenvalue weighted by Gasteiger charge is 2.33. The molecule has 33 heavy (non-hydrogen) atoms. The SMILES string of the molecule is O=C(CN1CCN(CCn2ccnc2-c2ccccc2)CC1)Nc1ccccc1C(F)(F)F. The van der Waals surface area contributed by atoms with Crippen molar-refractivity contribution in [3.8, 4) is 11.4 Å². The molecule has 1 aliphatic rings. The van der Waals surface area contributed by atoms with Gasteiger partial charge in [-0.2, -0.15) is 13.2 Å². The molecule has 3 aromatic rings. The Morgan fingerprint density at radius 1 is 0.909 bits per heavy atom. The first kappa shape index (κ1) is 23.0. The number of hydrogen-bond acceptors (Lipinski definition) is 4. The van der Waals surface area contributed by atoms with E-state index in [1.807, 2.05) is 41.4 Å². The molecule has 174 valence electrons. The molecule has 1 amide bonds. The molecule has 4 rings (SSSR count). The molecule has 2 aromatic carbocycles. The number of carbonyl (C=O) groups excluding carboxylic acids is 1. The first-order valence-electron chi connectivity index (χ1n) is 10.9. The van der Waals surface area contributed by atoms with E-state index in [2.05, 4.69) is 19.8 Å². The van der Waals surface area contributed by atoms with Gasteiger partial charge in [0.25, 0.3) is 0 Å². The van der Waals surface area contributed by atoms with Crippen LogP contribution in [0.3, 0.4) is 0 Å². The summed E-state index contributed by atoms with van der Waals surface area (Å²) >= 11 is 0. The van der Waals surface area contributed by atoms with E-state index in [4.69, 9.17) is 0 Å². The van der Waals surface area contributed by atoms with Crippen LogP contribution in [0.5, 0.6) is 0 Å². The predicted molar refractivity (Wildman–Crippen MR) is 121 cm³/mol. The van der Waals surface area contributed by atoms with Crippen LogP contribution in [0.4, 0.5) is 18.9 Å². The number of rotatable bonds is 7. The Kier molecular flexibility index (Phi) is 7.10. The third kappa shape index (κ3) is 6.00. The summed E-state index contributed by atoms with van der Waals surface area (Å²) in [5.41, 5.74) is 0.0335. The van der Waals surface area contributed by atoms with Crippen LogP contribution in [0.15, 0.2) is 67.0 Å². The van der Waals surface area contributed by atoms with Gasteiger partial charge in [-0.25, -0.2) is 4.98 Å². The fourth-order valence-electron chi connectivity index (χ4n) is 3.99. The van der Waals surface area contributed by atoms with Gasteiger partial charge in [0.1, 0.15) is 5.82 Å². The number of benzene rings is 2. The Balaban J connectivity index is 1.24. The maximum absolute atomic E-state index is 13.1. The van der Waals surface area contributed by atoms with Gasteiger partial charge in [0.2, 0.25) is 5.91 Å². The number of carbonyl (C=O) groups is 1. The lowest BCUT2D eigenvalue weighted by molar-refractivity contribution is -0.137. The van der Waals surface area contributed by atoms with E-state index >= 15 is 0 Å². The van der Waals surface area contributed by atoms with Gasteiger partial charge in [0.15, 0.2) is 0 Å². The van der Waals surface area contributed by atoms with Gasteiger partial charge < -0.3 is 9.88 Å². The number of nitrogens with zero attached hydrogens (tertiary/aromatic N) is 4. The monoisotopic (exact) mass is 457 g/mol. The van der Waals surface area contributed by atoms with Gasteiger partial charge in [-0.3, -0.25) is 14.6 Å². The molecule has 0 unspecified atom stereocenters. The normalized spacial score (nSPS) is 15.5. The van der Waals surface area contributed by atoms with E-state index in [1.165, 1.54) is 18.2 Å². The van der Waals surface area contributed by atoms with Crippen LogP contribution < -0.4 is 5.32 Å². The molecule has 0 radical (unpaired) electrons. The summed E-state index contributed by atoms with van der Waals surface area (Å²) in [5.74, 6) is 0.496. The van der Waals surface area contributed by atoms with Crippen molar-refractivity contribution in [1.82, 2.24) is 19.4 Å². The highest BCUT2D eigenvalue weighted by molar-refractivity contribution is 5.93.